The molecule has 1 atom stereocenters. The SMILES string of the molecule is C[C@@H](NC(=O)c1ccc(Cl)c(N)c1)c1ccncc1. The number of nitrogens with two attached hydrogens (primary N) is 1. The Morgan fingerprint density at radius 1 is 1.32 bits per heavy atom. The summed E-state index contributed by atoms with van der Waals surface area (Å²) in [5.41, 5.74) is 7.55. The fraction of sp³-hybridized carbons (Fsp3) is 0.143. The Hall–Kier alpha value is -2.07. The first-order valence-electron chi connectivity index (χ1n) is 5.83. The minimum atomic E-state index is -0.187. The molecule has 1 heterocycles. The first-order chi connectivity index (χ1) is 9.08. The van der Waals surface area contributed by atoms with Crippen LogP contribution in [0.5, 0.6) is 0 Å². The highest BCUT2D eigenvalue weighted by Gasteiger charge is 2.12. The molecule has 2 rings (SSSR count). The average Bonchev–Trinajstić information content (AvgIpc) is 2.42. The predicted molar refractivity (Wildman–Crippen MR) is 76.0 cm³/mol. The normalized spacial score (nSPS) is 11.9. The molecule has 0 aliphatic rings. The van der Waals surface area contributed by atoms with Crippen LogP contribution in [-0.2, 0) is 0 Å². The van der Waals surface area contributed by atoms with Crippen LogP contribution in [0.1, 0.15) is 28.9 Å². The van der Waals surface area contributed by atoms with E-state index in [9.17, 15) is 4.79 Å². The first kappa shape index (κ1) is 13.4. The van der Waals surface area contributed by atoms with Gasteiger partial charge in [-0.25, -0.2) is 0 Å². The lowest BCUT2D eigenvalue weighted by Crippen LogP contribution is -2.26. The van der Waals surface area contributed by atoms with E-state index < -0.39 is 0 Å². The number of hydrogen-bond acceptors (Lipinski definition) is 3. The Bertz CT molecular complexity index is 586. The van der Waals surface area contributed by atoms with Gasteiger partial charge in [0.05, 0.1) is 16.8 Å². The summed E-state index contributed by atoms with van der Waals surface area (Å²) >= 11 is 5.82. The number of hydrogen-bond donors (Lipinski definition) is 2. The number of aromatic nitrogens is 1. The van der Waals surface area contributed by atoms with Crippen molar-refractivity contribution in [2.24, 2.45) is 0 Å². The van der Waals surface area contributed by atoms with E-state index in [4.69, 9.17) is 17.3 Å². The van der Waals surface area contributed by atoms with Gasteiger partial charge in [-0.3, -0.25) is 9.78 Å². The van der Waals surface area contributed by atoms with Crippen LogP contribution < -0.4 is 11.1 Å². The van der Waals surface area contributed by atoms with Gasteiger partial charge >= 0.3 is 0 Å². The van der Waals surface area contributed by atoms with E-state index in [0.717, 1.165) is 5.56 Å². The smallest absolute Gasteiger partial charge is 0.251 e. The van der Waals surface area contributed by atoms with Crippen LogP contribution in [0.15, 0.2) is 42.7 Å². The molecule has 1 amide bonds. The maximum Gasteiger partial charge on any atom is 0.251 e. The maximum atomic E-state index is 12.1. The number of nitrogens with zero attached hydrogens (tertiary/aromatic N) is 1. The minimum absolute atomic E-state index is 0.104. The highest BCUT2D eigenvalue weighted by atomic mass is 35.5. The molecule has 2 aromatic rings. The summed E-state index contributed by atoms with van der Waals surface area (Å²) in [5, 5.41) is 3.34. The number of amides is 1. The molecule has 0 saturated carbocycles. The summed E-state index contributed by atoms with van der Waals surface area (Å²) in [6.07, 6.45) is 3.39. The molecule has 0 aliphatic heterocycles. The van der Waals surface area contributed by atoms with Gasteiger partial charge in [0.15, 0.2) is 0 Å². The predicted octanol–water partition coefficient (Wildman–Crippen LogP) is 2.81. The summed E-state index contributed by atoms with van der Waals surface area (Å²) in [4.78, 5) is 16.0. The standard InChI is InChI=1S/C14H14ClN3O/c1-9(10-4-6-17-7-5-10)18-14(19)11-2-3-12(15)13(16)8-11/h2-9H,16H2,1H3,(H,18,19)/t9-/m1/s1. The molecule has 1 aromatic carbocycles. The number of carbonyl (C=O) groups is 1. The van der Waals surface area contributed by atoms with E-state index in [1.165, 1.54) is 0 Å². The molecule has 0 aliphatic carbocycles. The van der Waals surface area contributed by atoms with Crippen LogP contribution in [0.4, 0.5) is 5.69 Å². The molecule has 19 heavy (non-hydrogen) atoms. The van der Waals surface area contributed by atoms with E-state index in [1.807, 2.05) is 19.1 Å². The number of nitrogen functional groups attached to an aromatic ring is 1. The highest BCUT2D eigenvalue weighted by Crippen LogP contribution is 2.20. The van der Waals surface area contributed by atoms with Gasteiger partial charge in [0.1, 0.15) is 0 Å². The zero-order chi connectivity index (χ0) is 13.8. The third kappa shape index (κ3) is 3.23. The van der Waals surface area contributed by atoms with Crippen molar-refractivity contribution in [3.05, 3.63) is 58.9 Å². The molecular weight excluding hydrogens is 262 g/mol. The van der Waals surface area contributed by atoms with E-state index in [-0.39, 0.29) is 11.9 Å². The molecule has 0 bridgehead atoms. The molecule has 0 radical (unpaired) electrons. The van der Waals surface area contributed by atoms with Crippen LogP contribution in [-0.4, -0.2) is 10.9 Å². The highest BCUT2D eigenvalue weighted by molar-refractivity contribution is 6.33. The lowest BCUT2D eigenvalue weighted by atomic mass is 10.1. The molecule has 1 aromatic heterocycles. The lowest BCUT2D eigenvalue weighted by Gasteiger charge is -2.14. The topological polar surface area (TPSA) is 68.0 Å². The van der Waals surface area contributed by atoms with E-state index in [2.05, 4.69) is 10.3 Å². The van der Waals surface area contributed by atoms with Gasteiger partial charge in [0, 0.05) is 18.0 Å². The van der Waals surface area contributed by atoms with Crippen LogP contribution in [0, 0.1) is 0 Å². The molecule has 0 unspecified atom stereocenters. The number of anilines is 1. The van der Waals surface area contributed by atoms with Crippen molar-refractivity contribution < 1.29 is 4.79 Å². The Balaban J connectivity index is 2.11. The molecule has 0 saturated heterocycles. The molecular formula is C14H14ClN3O. The van der Waals surface area contributed by atoms with Crippen molar-refractivity contribution in [1.82, 2.24) is 10.3 Å². The van der Waals surface area contributed by atoms with E-state index in [1.54, 1.807) is 30.6 Å². The third-order valence-corrected chi connectivity index (χ3v) is 3.16. The maximum absolute atomic E-state index is 12.1. The van der Waals surface area contributed by atoms with Crippen LogP contribution in [0.25, 0.3) is 0 Å². The molecule has 4 nitrogen and oxygen atoms in total. The van der Waals surface area contributed by atoms with Crippen molar-refractivity contribution in [3.63, 3.8) is 0 Å². The lowest BCUT2D eigenvalue weighted by molar-refractivity contribution is 0.0940. The molecule has 5 heteroatoms. The number of pyridine rings is 1. The number of halogens is 1. The average molecular weight is 276 g/mol. The molecule has 0 spiro atoms. The van der Waals surface area contributed by atoms with E-state index in [0.29, 0.717) is 16.3 Å². The Labute approximate surface area is 116 Å². The largest absolute Gasteiger partial charge is 0.398 e. The van der Waals surface area contributed by atoms with Crippen LogP contribution in [0.2, 0.25) is 5.02 Å². The second kappa shape index (κ2) is 5.71. The van der Waals surface area contributed by atoms with Crippen LogP contribution in [0.3, 0.4) is 0 Å². The van der Waals surface area contributed by atoms with Gasteiger partial charge in [-0.05, 0) is 42.8 Å². The zero-order valence-corrected chi connectivity index (χ0v) is 11.2. The summed E-state index contributed by atoms with van der Waals surface area (Å²) in [6, 6.07) is 8.45. The summed E-state index contributed by atoms with van der Waals surface area (Å²) in [6.45, 7) is 1.91. The third-order valence-electron chi connectivity index (χ3n) is 2.81. The Kier molecular flexibility index (Phi) is 4.02. The summed E-state index contributed by atoms with van der Waals surface area (Å²) < 4.78 is 0. The second-order valence-corrected chi connectivity index (χ2v) is 4.62. The number of benzene rings is 1. The van der Waals surface area contributed by atoms with Gasteiger partial charge in [-0.15, -0.1) is 0 Å². The Morgan fingerprint density at radius 2 is 2.00 bits per heavy atom. The summed E-state index contributed by atoms with van der Waals surface area (Å²) in [5.74, 6) is -0.187. The number of carbonyl (C=O) groups excluding carboxylic acids is 1. The van der Waals surface area contributed by atoms with Crippen molar-refractivity contribution in [2.75, 3.05) is 5.73 Å². The second-order valence-electron chi connectivity index (χ2n) is 4.21. The van der Waals surface area contributed by atoms with E-state index >= 15 is 0 Å². The van der Waals surface area contributed by atoms with Crippen molar-refractivity contribution in [2.45, 2.75) is 13.0 Å². The van der Waals surface area contributed by atoms with Crippen molar-refractivity contribution in [3.8, 4) is 0 Å². The minimum Gasteiger partial charge on any atom is -0.398 e. The quantitative estimate of drug-likeness (QED) is 0.847. The van der Waals surface area contributed by atoms with Crippen molar-refractivity contribution >= 4 is 23.2 Å². The number of nitrogens with one attached hydrogen (secondary N) is 1. The van der Waals surface area contributed by atoms with Gasteiger partial charge in [0.25, 0.3) is 5.91 Å². The van der Waals surface area contributed by atoms with Gasteiger partial charge in [0.2, 0.25) is 0 Å². The van der Waals surface area contributed by atoms with Gasteiger partial charge < -0.3 is 11.1 Å². The van der Waals surface area contributed by atoms with Gasteiger partial charge in [-0.2, -0.15) is 0 Å². The van der Waals surface area contributed by atoms with Gasteiger partial charge in [-0.1, -0.05) is 11.6 Å². The fourth-order valence-corrected chi connectivity index (χ4v) is 1.82. The fourth-order valence-electron chi connectivity index (χ4n) is 1.70. The monoisotopic (exact) mass is 275 g/mol. The van der Waals surface area contributed by atoms with Crippen LogP contribution >= 0.6 is 11.6 Å². The number of rotatable bonds is 3. The van der Waals surface area contributed by atoms with Crippen molar-refractivity contribution in [1.29, 1.82) is 0 Å². The molecule has 0 fully saturated rings. The Morgan fingerprint density at radius 3 is 2.63 bits per heavy atom. The molecule has 3 N–H and O–H groups in total. The molecule has 98 valence electrons. The summed E-state index contributed by atoms with van der Waals surface area (Å²) in [7, 11) is 0. The zero-order valence-electron chi connectivity index (χ0n) is 10.4. The first-order valence-corrected chi connectivity index (χ1v) is 6.21.